The predicted molar refractivity (Wildman–Crippen MR) is 89.9 cm³/mol. The number of hydrogen-bond donors (Lipinski definition) is 1. The first-order valence-electron chi connectivity index (χ1n) is 8.90. The minimum absolute atomic E-state index is 0.155. The van der Waals surface area contributed by atoms with E-state index in [1.54, 1.807) is 0 Å². The summed E-state index contributed by atoms with van der Waals surface area (Å²) in [5.74, 6) is 1.33. The van der Waals surface area contributed by atoms with Crippen LogP contribution in [0.4, 0.5) is 4.79 Å². The molecule has 1 atom stereocenters. The molecule has 1 aliphatic carbocycles. The SMILES string of the molecule is CC(C)C1(CNCC2CCCN(C(=O)OC(C)(C)C)C2)CC1. The first-order valence-corrected chi connectivity index (χ1v) is 8.90. The van der Waals surface area contributed by atoms with Crippen molar-refractivity contribution in [3.05, 3.63) is 0 Å². The fraction of sp³-hybridized carbons (Fsp3) is 0.944. The van der Waals surface area contributed by atoms with E-state index in [1.165, 1.54) is 19.3 Å². The molecular formula is C18H34N2O2. The number of ether oxygens (including phenoxy) is 1. The fourth-order valence-corrected chi connectivity index (χ4v) is 3.37. The van der Waals surface area contributed by atoms with Gasteiger partial charge in [-0.15, -0.1) is 0 Å². The van der Waals surface area contributed by atoms with Crippen LogP contribution in [-0.2, 0) is 4.74 Å². The summed E-state index contributed by atoms with van der Waals surface area (Å²) in [7, 11) is 0. The molecule has 128 valence electrons. The Bertz CT molecular complexity index is 383. The van der Waals surface area contributed by atoms with Gasteiger partial charge in [-0.05, 0) is 70.3 Å². The van der Waals surface area contributed by atoms with Crippen molar-refractivity contribution in [3.8, 4) is 0 Å². The molecule has 2 fully saturated rings. The molecule has 2 rings (SSSR count). The molecule has 0 spiro atoms. The number of carbonyl (C=O) groups is 1. The number of piperidine rings is 1. The maximum Gasteiger partial charge on any atom is 0.410 e. The number of carbonyl (C=O) groups excluding carboxylic acids is 1. The monoisotopic (exact) mass is 310 g/mol. The normalized spacial score (nSPS) is 24.5. The summed E-state index contributed by atoms with van der Waals surface area (Å²) < 4.78 is 5.49. The summed E-state index contributed by atoms with van der Waals surface area (Å²) in [6.45, 7) is 14.3. The molecule has 1 saturated heterocycles. The molecule has 0 radical (unpaired) electrons. The second-order valence-electron chi connectivity index (χ2n) is 8.58. The zero-order chi connectivity index (χ0) is 16.4. The van der Waals surface area contributed by atoms with Crippen molar-refractivity contribution >= 4 is 6.09 Å². The second kappa shape index (κ2) is 6.77. The van der Waals surface area contributed by atoms with E-state index >= 15 is 0 Å². The van der Waals surface area contributed by atoms with E-state index in [1.807, 2.05) is 25.7 Å². The fourth-order valence-electron chi connectivity index (χ4n) is 3.37. The first kappa shape index (κ1) is 17.6. The molecule has 0 aromatic carbocycles. The van der Waals surface area contributed by atoms with Crippen LogP contribution in [0.5, 0.6) is 0 Å². The number of rotatable bonds is 5. The van der Waals surface area contributed by atoms with Crippen LogP contribution in [0.25, 0.3) is 0 Å². The van der Waals surface area contributed by atoms with Gasteiger partial charge in [-0.3, -0.25) is 0 Å². The van der Waals surface area contributed by atoms with Crippen LogP contribution in [-0.4, -0.2) is 42.8 Å². The highest BCUT2D eigenvalue weighted by Gasteiger charge is 2.44. The van der Waals surface area contributed by atoms with Crippen molar-refractivity contribution in [3.63, 3.8) is 0 Å². The molecular weight excluding hydrogens is 276 g/mol. The van der Waals surface area contributed by atoms with Crippen LogP contribution in [0, 0.1) is 17.3 Å². The van der Waals surface area contributed by atoms with Crippen molar-refractivity contribution in [2.45, 2.75) is 65.9 Å². The van der Waals surface area contributed by atoms with Gasteiger partial charge in [0, 0.05) is 19.6 Å². The standard InChI is InChI=1S/C18H34N2O2/c1-14(2)18(8-9-18)13-19-11-15-7-6-10-20(12-15)16(21)22-17(3,4)5/h14-15,19H,6-13H2,1-5H3. The summed E-state index contributed by atoms with van der Waals surface area (Å²) in [6, 6.07) is 0. The van der Waals surface area contributed by atoms with E-state index in [9.17, 15) is 4.79 Å². The summed E-state index contributed by atoms with van der Waals surface area (Å²) in [6.07, 6.45) is 4.87. The molecule has 0 aromatic heterocycles. The maximum atomic E-state index is 12.2. The maximum absolute atomic E-state index is 12.2. The van der Waals surface area contributed by atoms with Gasteiger partial charge < -0.3 is 15.0 Å². The van der Waals surface area contributed by atoms with Crippen LogP contribution in [0.2, 0.25) is 0 Å². The molecule has 0 bridgehead atoms. The van der Waals surface area contributed by atoms with Gasteiger partial charge in [-0.1, -0.05) is 13.8 Å². The van der Waals surface area contributed by atoms with E-state index in [0.717, 1.165) is 38.5 Å². The van der Waals surface area contributed by atoms with Gasteiger partial charge in [0.15, 0.2) is 0 Å². The summed E-state index contributed by atoms with van der Waals surface area (Å²) in [4.78, 5) is 14.1. The highest BCUT2D eigenvalue weighted by molar-refractivity contribution is 5.68. The van der Waals surface area contributed by atoms with E-state index in [2.05, 4.69) is 19.2 Å². The Kier molecular flexibility index (Phi) is 5.41. The lowest BCUT2D eigenvalue weighted by molar-refractivity contribution is 0.0165. The van der Waals surface area contributed by atoms with E-state index in [4.69, 9.17) is 4.74 Å². The topological polar surface area (TPSA) is 41.6 Å². The van der Waals surface area contributed by atoms with Crippen molar-refractivity contribution < 1.29 is 9.53 Å². The molecule has 2 aliphatic rings. The smallest absolute Gasteiger partial charge is 0.410 e. The van der Waals surface area contributed by atoms with Gasteiger partial charge >= 0.3 is 6.09 Å². The molecule has 1 amide bonds. The Labute approximate surface area is 136 Å². The highest BCUT2D eigenvalue weighted by Crippen LogP contribution is 2.51. The second-order valence-corrected chi connectivity index (χ2v) is 8.58. The van der Waals surface area contributed by atoms with Crippen molar-refractivity contribution in [2.75, 3.05) is 26.2 Å². The van der Waals surface area contributed by atoms with Gasteiger partial charge in [0.1, 0.15) is 5.60 Å². The molecule has 1 saturated carbocycles. The molecule has 4 nitrogen and oxygen atoms in total. The van der Waals surface area contributed by atoms with Crippen molar-refractivity contribution in [1.29, 1.82) is 0 Å². The van der Waals surface area contributed by atoms with Crippen LogP contribution in [0.1, 0.15) is 60.3 Å². The third-order valence-electron chi connectivity index (χ3n) is 5.20. The van der Waals surface area contributed by atoms with Crippen LogP contribution >= 0.6 is 0 Å². The lowest BCUT2D eigenvalue weighted by atomic mass is 9.92. The summed E-state index contributed by atoms with van der Waals surface area (Å²) in [5, 5.41) is 3.67. The Morgan fingerprint density at radius 3 is 2.59 bits per heavy atom. The molecule has 1 heterocycles. The quantitative estimate of drug-likeness (QED) is 0.842. The average Bonchev–Trinajstić information content (AvgIpc) is 3.18. The minimum Gasteiger partial charge on any atom is -0.444 e. The van der Waals surface area contributed by atoms with Crippen molar-refractivity contribution in [1.82, 2.24) is 10.2 Å². The Balaban J connectivity index is 1.73. The number of nitrogens with zero attached hydrogens (tertiary/aromatic N) is 1. The number of nitrogens with one attached hydrogen (secondary N) is 1. The van der Waals surface area contributed by atoms with Gasteiger partial charge in [-0.25, -0.2) is 4.79 Å². The largest absolute Gasteiger partial charge is 0.444 e. The van der Waals surface area contributed by atoms with Gasteiger partial charge in [0.2, 0.25) is 0 Å². The van der Waals surface area contributed by atoms with Gasteiger partial charge in [0.05, 0.1) is 0 Å². The Morgan fingerprint density at radius 1 is 1.36 bits per heavy atom. The van der Waals surface area contributed by atoms with Gasteiger partial charge in [-0.2, -0.15) is 0 Å². The Hall–Kier alpha value is -0.770. The lowest BCUT2D eigenvalue weighted by Crippen LogP contribution is -2.45. The minimum atomic E-state index is -0.405. The third kappa shape index (κ3) is 4.87. The van der Waals surface area contributed by atoms with Crippen LogP contribution in [0.3, 0.4) is 0 Å². The number of likely N-dealkylation sites (tertiary alicyclic amines) is 1. The van der Waals surface area contributed by atoms with Crippen LogP contribution in [0.15, 0.2) is 0 Å². The molecule has 1 aliphatic heterocycles. The molecule has 4 heteroatoms. The predicted octanol–water partition coefficient (Wildman–Crippen LogP) is 3.66. The molecule has 1 unspecified atom stereocenters. The van der Waals surface area contributed by atoms with E-state index in [0.29, 0.717) is 11.3 Å². The Morgan fingerprint density at radius 2 is 2.05 bits per heavy atom. The first-order chi connectivity index (χ1) is 10.2. The van der Waals surface area contributed by atoms with E-state index in [-0.39, 0.29) is 6.09 Å². The highest BCUT2D eigenvalue weighted by atomic mass is 16.6. The molecule has 0 aromatic rings. The third-order valence-corrected chi connectivity index (χ3v) is 5.20. The van der Waals surface area contributed by atoms with Gasteiger partial charge in [0.25, 0.3) is 0 Å². The number of amides is 1. The van der Waals surface area contributed by atoms with E-state index < -0.39 is 5.60 Å². The number of hydrogen-bond acceptors (Lipinski definition) is 3. The molecule has 22 heavy (non-hydrogen) atoms. The zero-order valence-electron chi connectivity index (χ0n) is 15.1. The average molecular weight is 310 g/mol. The zero-order valence-corrected chi connectivity index (χ0v) is 15.1. The lowest BCUT2D eigenvalue weighted by Gasteiger charge is -2.34. The van der Waals surface area contributed by atoms with Crippen LogP contribution < -0.4 is 5.32 Å². The summed E-state index contributed by atoms with van der Waals surface area (Å²) >= 11 is 0. The van der Waals surface area contributed by atoms with Crippen molar-refractivity contribution in [2.24, 2.45) is 17.3 Å². The molecule has 1 N–H and O–H groups in total. The summed E-state index contributed by atoms with van der Waals surface area (Å²) in [5.41, 5.74) is 0.150.